The predicted octanol–water partition coefficient (Wildman–Crippen LogP) is 3.76. The van der Waals surface area contributed by atoms with Gasteiger partial charge in [0, 0.05) is 6.54 Å². The monoisotopic (exact) mass is 296 g/mol. The Labute approximate surface area is 112 Å². The Morgan fingerprint density at radius 1 is 1.29 bits per heavy atom. The van der Waals surface area contributed by atoms with Gasteiger partial charge >= 0.3 is 0 Å². The van der Waals surface area contributed by atoms with Gasteiger partial charge in [0.1, 0.15) is 4.60 Å². The number of hydrogen-bond acceptors (Lipinski definition) is 2. The van der Waals surface area contributed by atoms with E-state index in [1.165, 1.54) is 25.7 Å². The van der Waals surface area contributed by atoms with E-state index in [1.54, 1.807) is 0 Å². The fourth-order valence-electron chi connectivity index (χ4n) is 2.49. The number of rotatable bonds is 4. The van der Waals surface area contributed by atoms with E-state index >= 15 is 0 Å². The van der Waals surface area contributed by atoms with Crippen LogP contribution in [0.1, 0.15) is 38.3 Å². The first kappa shape index (κ1) is 13.0. The van der Waals surface area contributed by atoms with Crippen LogP contribution in [0, 0.1) is 11.8 Å². The van der Waals surface area contributed by atoms with Crippen LogP contribution < -0.4 is 5.32 Å². The van der Waals surface area contributed by atoms with Crippen molar-refractivity contribution >= 4 is 15.9 Å². The van der Waals surface area contributed by atoms with Crippen molar-refractivity contribution in [2.75, 3.05) is 6.54 Å². The van der Waals surface area contributed by atoms with Crippen molar-refractivity contribution in [2.24, 2.45) is 11.8 Å². The van der Waals surface area contributed by atoms with E-state index in [0.717, 1.165) is 35.2 Å². The molecule has 0 amide bonds. The summed E-state index contributed by atoms with van der Waals surface area (Å²) in [4.78, 5) is 4.42. The Bertz CT molecular complexity index is 346. The van der Waals surface area contributed by atoms with Gasteiger partial charge in [-0.25, -0.2) is 4.98 Å². The zero-order valence-corrected chi connectivity index (χ0v) is 12.0. The molecule has 1 heterocycles. The van der Waals surface area contributed by atoms with Gasteiger partial charge in [0.15, 0.2) is 0 Å². The molecule has 1 fully saturated rings. The smallest absolute Gasteiger partial charge is 0.106 e. The fourth-order valence-corrected chi connectivity index (χ4v) is 2.87. The summed E-state index contributed by atoms with van der Waals surface area (Å²) in [5.41, 5.74) is 1.11. The molecule has 0 spiro atoms. The number of nitrogens with one attached hydrogen (secondary N) is 1. The molecule has 1 aliphatic carbocycles. The van der Waals surface area contributed by atoms with Gasteiger partial charge in [0.2, 0.25) is 0 Å². The molecule has 0 aromatic carbocycles. The summed E-state index contributed by atoms with van der Waals surface area (Å²) in [6, 6.07) is 6.07. The SMILES string of the molecule is CC1CCC(CNCc2cccc(Br)n2)CC1. The first-order valence-corrected chi connectivity index (χ1v) is 7.35. The molecule has 0 unspecified atom stereocenters. The standard InChI is InChI=1S/C14H21BrN2/c1-11-5-7-12(8-6-11)9-16-10-13-3-2-4-14(15)17-13/h2-4,11-12,16H,5-10H2,1H3. The Morgan fingerprint density at radius 3 is 2.76 bits per heavy atom. The third-order valence-corrected chi connectivity index (χ3v) is 4.09. The van der Waals surface area contributed by atoms with Crippen molar-refractivity contribution < 1.29 is 0 Å². The second-order valence-corrected chi connectivity index (χ2v) is 6.02. The van der Waals surface area contributed by atoms with E-state index in [9.17, 15) is 0 Å². The van der Waals surface area contributed by atoms with Crippen LogP contribution in [0.25, 0.3) is 0 Å². The molecule has 17 heavy (non-hydrogen) atoms. The van der Waals surface area contributed by atoms with Crippen molar-refractivity contribution in [3.63, 3.8) is 0 Å². The molecule has 0 bridgehead atoms. The molecule has 1 N–H and O–H groups in total. The highest BCUT2D eigenvalue weighted by Gasteiger charge is 2.17. The highest BCUT2D eigenvalue weighted by atomic mass is 79.9. The minimum Gasteiger partial charge on any atom is -0.311 e. The molecular formula is C14H21BrN2. The average molecular weight is 297 g/mol. The summed E-state index contributed by atoms with van der Waals surface area (Å²) in [7, 11) is 0. The lowest BCUT2D eigenvalue weighted by Crippen LogP contribution is -2.26. The van der Waals surface area contributed by atoms with Crippen LogP contribution >= 0.6 is 15.9 Å². The van der Waals surface area contributed by atoms with Crippen LogP contribution in [-0.4, -0.2) is 11.5 Å². The fraction of sp³-hybridized carbons (Fsp3) is 0.643. The molecule has 0 aliphatic heterocycles. The predicted molar refractivity (Wildman–Crippen MR) is 74.8 cm³/mol. The van der Waals surface area contributed by atoms with E-state index in [2.05, 4.69) is 39.2 Å². The quantitative estimate of drug-likeness (QED) is 0.856. The third-order valence-electron chi connectivity index (χ3n) is 3.65. The molecule has 1 aromatic rings. The normalized spacial score (nSPS) is 24.8. The van der Waals surface area contributed by atoms with Crippen molar-refractivity contribution in [2.45, 2.75) is 39.2 Å². The summed E-state index contributed by atoms with van der Waals surface area (Å²) in [5.74, 6) is 1.82. The van der Waals surface area contributed by atoms with Crippen molar-refractivity contribution in [3.05, 3.63) is 28.5 Å². The topological polar surface area (TPSA) is 24.9 Å². The van der Waals surface area contributed by atoms with Crippen LogP contribution in [0.4, 0.5) is 0 Å². The molecule has 0 radical (unpaired) electrons. The minimum absolute atomic E-state index is 0.873. The van der Waals surface area contributed by atoms with E-state index in [0.29, 0.717) is 0 Å². The van der Waals surface area contributed by atoms with E-state index < -0.39 is 0 Å². The number of aromatic nitrogens is 1. The maximum Gasteiger partial charge on any atom is 0.106 e. The van der Waals surface area contributed by atoms with Gasteiger partial charge in [-0.15, -0.1) is 0 Å². The zero-order valence-electron chi connectivity index (χ0n) is 10.5. The summed E-state index contributed by atoms with van der Waals surface area (Å²) >= 11 is 3.40. The summed E-state index contributed by atoms with van der Waals surface area (Å²) < 4.78 is 0.920. The summed E-state index contributed by atoms with van der Waals surface area (Å²) in [6.07, 6.45) is 5.59. The van der Waals surface area contributed by atoms with E-state index in [-0.39, 0.29) is 0 Å². The third kappa shape index (κ3) is 4.40. The zero-order chi connectivity index (χ0) is 12.1. The molecule has 2 rings (SSSR count). The maximum absolute atomic E-state index is 4.42. The van der Waals surface area contributed by atoms with Crippen molar-refractivity contribution in [1.82, 2.24) is 10.3 Å². The number of halogens is 1. The second kappa shape index (κ2) is 6.50. The molecule has 2 nitrogen and oxygen atoms in total. The molecule has 1 aliphatic rings. The Kier molecular flexibility index (Phi) is 4.99. The molecule has 94 valence electrons. The number of nitrogens with zero attached hydrogens (tertiary/aromatic N) is 1. The maximum atomic E-state index is 4.42. The van der Waals surface area contributed by atoms with Gasteiger partial charge in [-0.1, -0.05) is 25.8 Å². The summed E-state index contributed by atoms with van der Waals surface area (Å²) in [5, 5.41) is 3.53. The first-order valence-electron chi connectivity index (χ1n) is 6.56. The lowest BCUT2D eigenvalue weighted by molar-refractivity contribution is 0.281. The molecule has 1 saturated carbocycles. The highest BCUT2D eigenvalue weighted by Crippen LogP contribution is 2.27. The molecule has 1 aromatic heterocycles. The van der Waals surface area contributed by atoms with Crippen molar-refractivity contribution in [3.8, 4) is 0 Å². The van der Waals surface area contributed by atoms with Gasteiger partial charge in [0.25, 0.3) is 0 Å². The minimum atomic E-state index is 0.873. The van der Waals surface area contributed by atoms with Crippen LogP contribution in [0.3, 0.4) is 0 Å². The Balaban J connectivity index is 1.69. The van der Waals surface area contributed by atoms with Gasteiger partial charge in [-0.05, 0) is 59.3 Å². The highest BCUT2D eigenvalue weighted by molar-refractivity contribution is 9.10. The van der Waals surface area contributed by atoms with E-state index in [4.69, 9.17) is 0 Å². The number of hydrogen-bond donors (Lipinski definition) is 1. The van der Waals surface area contributed by atoms with Crippen LogP contribution in [0.15, 0.2) is 22.8 Å². The first-order chi connectivity index (χ1) is 8.24. The van der Waals surface area contributed by atoms with E-state index in [1.807, 2.05) is 12.1 Å². The van der Waals surface area contributed by atoms with Gasteiger partial charge in [0.05, 0.1) is 5.69 Å². The lowest BCUT2D eigenvalue weighted by atomic mass is 9.83. The molecule has 3 heteroatoms. The lowest BCUT2D eigenvalue weighted by Gasteiger charge is -2.26. The summed E-state index contributed by atoms with van der Waals surface area (Å²) in [6.45, 7) is 4.39. The Morgan fingerprint density at radius 2 is 2.06 bits per heavy atom. The average Bonchev–Trinajstić information content (AvgIpc) is 2.32. The van der Waals surface area contributed by atoms with Crippen LogP contribution in [0.5, 0.6) is 0 Å². The Hall–Kier alpha value is -0.410. The largest absolute Gasteiger partial charge is 0.311 e. The van der Waals surface area contributed by atoms with Crippen LogP contribution in [-0.2, 0) is 6.54 Å². The molecule has 0 atom stereocenters. The molecular weight excluding hydrogens is 276 g/mol. The van der Waals surface area contributed by atoms with Gasteiger partial charge < -0.3 is 5.32 Å². The second-order valence-electron chi connectivity index (χ2n) is 5.21. The van der Waals surface area contributed by atoms with Crippen molar-refractivity contribution in [1.29, 1.82) is 0 Å². The van der Waals surface area contributed by atoms with Crippen LogP contribution in [0.2, 0.25) is 0 Å². The van der Waals surface area contributed by atoms with Gasteiger partial charge in [-0.2, -0.15) is 0 Å². The van der Waals surface area contributed by atoms with Gasteiger partial charge in [-0.3, -0.25) is 0 Å². The number of pyridine rings is 1. The molecule has 0 saturated heterocycles.